The Kier molecular flexibility index (Phi) is 4.91. The molecule has 0 saturated heterocycles. The molecule has 0 saturated carbocycles. The van der Waals surface area contributed by atoms with E-state index in [-0.39, 0.29) is 4.90 Å². The van der Waals surface area contributed by atoms with Gasteiger partial charge in [0.05, 0.1) is 6.20 Å². The van der Waals surface area contributed by atoms with E-state index in [1.54, 1.807) is 7.05 Å². The average Bonchev–Trinajstić information content (AvgIpc) is 2.65. The molecule has 2 N–H and O–H groups in total. The van der Waals surface area contributed by atoms with Crippen molar-refractivity contribution in [3.8, 4) is 0 Å². The highest BCUT2D eigenvalue weighted by Crippen LogP contribution is 2.04. The van der Waals surface area contributed by atoms with E-state index in [1.807, 2.05) is 0 Å². The van der Waals surface area contributed by atoms with Gasteiger partial charge in [0.15, 0.2) is 0 Å². The molecule has 0 fully saturated rings. The second-order valence-electron chi connectivity index (χ2n) is 3.50. The molecule has 0 amide bonds. The van der Waals surface area contributed by atoms with Crippen LogP contribution < -0.4 is 10.0 Å². The highest BCUT2D eigenvalue weighted by molar-refractivity contribution is 7.89. The van der Waals surface area contributed by atoms with Crippen molar-refractivity contribution in [3.05, 3.63) is 12.4 Å². The van der Waals surface area contributed by atoms with Crippen LogP contribution in [-0.4, -0.2) is 37.8 Å². The van der Waals surface area contributed by atoms with Crippen LogP contribution in [0.4, 0.5) is 0 Å². The van der Waals surface area contributed by atoms with Gasteiger partial charge in [-0.3, -0.25) is 4.68 Å². The summed E-state index contributed by atoms with van der Waals surface area (Å²) in [6, 6.07) is 0. The first-order valence-corrected chi connectivity index (χ1v) is 6.73. The predicted octanol–water partition coefficient (Wildman–Crippen LogP) is -0.302. The normalized spacial score (nSPS) is 11.9. The van der Waals surface area contributed by atoms with Crippen LogP contribution in [0.15, 0.2) is 17.3 Å². The van der Waals surface area contributed by atoms with E-state index in [4.69, 9.17) is 0 Å². The van der Waals surface area contributed by atoms with Crippen LogP contribution >= 0.6 is 0 Å². The van der Waals surface area contributed by atoms with Crippen LogP contribution in [0.3, 0.4) is 0 Å². The monoisotopic (exact) mass is 246 g/mol. The van der Waals surface area contributed by atoms with Gasteiger partial charge in [0, 0.05) is 26.3 Å². The van der Waals surface area contributed by atoms with E-state index < -0.39 is 10.0 Å². The Balaban J connectivity index is 2.41. The molecule has 6 nitrogen and oxygen atoms in total. The molecule has 0 aliphatic carbocycles. The third-order valence-electron chi connectivity index (χ3n) is 2.01. The Morgan fingerprint density at radius 1 is 1.38 bits per heavy atom. The first-order valence-electron chi connectivity index (χ1n) is 5.25. The fourth-order valence-corrected chi connectivity index (χ4v) is 2.21. The minimum atomic E-state index is -3.40. The standard InChI is InChI=1S/C9H18N4O2S/c1-3-4-10-5-6-12-16(14,15)9-7-11-13(2)8-9/h7-8,10,12H,3-6H2,1-2H3. The van der Waals surface area contributed by atoms with E-state index in [9.17, 15) is 8.42 Å². The van der Waals surface area contributed by atoms with Crippen molar-refractivity contribution >= 4 is 10.0 Å². The zero-order chi connectivity index (χ0) is 12.0. The molecule has 1 aromatic rings. The first kappa shape index (κ1) is 13.1. The minimum absolute atomic E-state index is 0.200. The van der Waals surface area contributed by atoms with Gasteiger partial charge in [-0.05, 0) is 13.0 Å². The molecule has 0 spiro atoms. The summed E-state index contributed by atoms with van der Waals surface area (Å²) in [5.41, 5.74) is 0. The van der Waals surface area contributed by atoms with Gasteiger partial charge in [-0.2, -0.15) is 5.10 Å². The quantitative estimate of drug-likeness (QED) is 0.648. The molecule has 0 aliphatic heterocycles. The molecular formula is C9H18N4O2S. The van der Waals surface area contributed by atoms with Gasteiger partial charge < -0.3 is 5.32 Å². The molecule has 7 heteroatoms. The molecule has 16 heavy (non-hydrogen) atoms. The number of nitrogens with zero attached hydrogens (tertiary/aromatic N) is 2. The van der Waals surface area contributed by atoms with Gasteiger partial charge in [-0.1, -0.05) is 6.92 Å². The van der Waals surface area contributed by atoms with E-state index in [1.165, 1.54) is 17.1 Å². The fourth-order valence-electron chi connectivity index (χ4n) is 1.20. The molecule has 1 heterocycles. The summed E-state index contributed by atoms with van der Waals surface area (Å²) >= 11 is 0. The van der Waals surface area contributed by atoms with E-state index in [2.05, 4.69) is 22.1 Å². The van der Waals surface area contributed by atoms with Gasteiger partial charge in [-0.25, -0.2) is 13.1 Å². The van der Waals surface area contributed by atoms with Crippen LogP contribution in [0.1, 0.15) is 13.3 Å². The number of aryl methyl sites for hydroxylation is 1. The third-order valence-corrected chi connectivity index (χ3v) is 3.43. The summed E-state index contributed by atoms with van der Waals surface area (Å²) in [5, 5.41) is 6.94. The summed E-state index contributed by atoms with van der Waals surface area (Å²) in [4.78, 5) is 0.200. The lowest BCUT2D eigenvalue weighted by Gasteiger charge is -2.05. The molecule has 1 rings (SSSR count). The smallest absolute Gasteiger partial charge is 0.243 e. The lowest BCUT2D eigenvalue weighted by molar-refractivity contribution is 0.575. The summed E-state index contributed by atoms with van der Waals surface area (Å²) in [6.45, 7) is 3.98. The lowest BCUT2D eigenvalue weighted by atomic mass is 10.5. The Bertz CT molecular complexity index is 413. The van der Waals surface area contributed by atoms with Crippen molar-refractivity contribution in [1.82, 2.24) is 19.8 Å². The zero-order valence-corrected chi connectivity index (χ0v) is 10.4. The van der Waals surface area contributed by atoms with Gasteiger partial charge in [0.25, 0.3) is 0 Å². The number of hydrogen-bond donors (Lipinski definition) is 2. The van der Waals surface area contributed by atoms with Gasteiger partial charge in [0.2, 0.25) is 10.0 Å². The maximum absolute atomic E-state index is 11.7. The lowest BCUT2D eigenvalue weighted by Crippen LogP contribution is -2.32. The Hall–Kier alpha value is -0.920. The molecule has 0 aliphatic rings. The van der Waals surface area contributed by atoms with Crippen LogP contribution in [0.5, 0.6) is 0 Å². The van der Waals surface area contributed by atoms with Crippen molar-refractivity contribution in [1.29, 1.82) is 0 Å². The largest absolute Gasteiger partial charge is 0.315 e. The molecule has 0 radical (unpaired) electrons. The Morgan fingerprint density at radius 3 is 2.69 bits per heavy atom. The second-order valence-corrected chi connectivity index (χ2v) is 5.26. The Morgan fingerprint density at radius 2 is 2.12 bits per heavy atom. The van der Waals surface area contributed by atoms with Crippen molar-refractivity contribution in [2.24, 2.45) is 7.05 Å². The fraction of sp³-hybridized carbons (Fsp3) is 0.667. The minimum Gasteiger partial charge on any atom is -0.315 e. The van der Waals surface area contributed by atoms with Gasteiger partial charge in [0.1, 0.15) is 4.90 Å². The third kappa shape index (κ3) is 3.92. The second kappa shape index (κ2) is 5.97. The number of hydrogen-bond acceptors (Lipinski definition) is 4. The van der Waals surface area contributed by atoms with E-state index in [0.717, 1.165) is 13.0 Å². The van der Waals surface area contributed by atoms with Gasteiger partial charge >= 0.3 is 0 Å². The average molecular weight is 246 g/mol. The summed E-state index contributed by atoms with van der Waals surface area (Å²) < 4.78 is 27.3. The number of aromatic nitrogens is 2. The number of nitrogens with one attached hydrogen (secondary N) is 2. The SMILES string of the molecule is CCCNCCNS(=O)(=O)c1cnn(C)c1. The molecule has 0 aromatic carbocycles. The van der Waals surface area contributed by atoms with Crippen LogP contribution in [0, 0.1) is 0 Å². The summed E-state index contributed by atoms with van der Waals surface area (Å²) in [5.74, 6) is 0. The van der Waals surface area contributed by atoms with Crippen LogP contribution in [0.25, 0.3) is 0 Å². The highest BCUT2D eigenvalue weighted by Gasteiger charge is 2.14. The van der Waals surface area contributed by atoms with E-state index in [0.29, 0.717) is 13.1 Å². The van der Waals surface area contributed by atoms with Crippen molar-refractivity contribution in [2.45, 2.75) is 18.2 Å². The highest BCUT2D eigenvalue weighted by atomic mass is 32.2. The van der Waals surface area contributed by atoms with Crippen molar-refractivity contribution in [2.75, 3.05) is 19.6 Å². The predicted molar refractivity (Wildman–Crippen MR) is 61.6 cm³/mol. The zero-order valence-electron chi connectivity index (χ0n) is 9.60. The topological polar surface area (TPSA) is 76.0 Å². The molecule has 1 aromatic heterocycles. The number of sulfonamides is 1. The maximum Gasteiger partial charge on any atom is 0.243 e. The number of rotatable bonds is 7. The summed E-state index contributed by atoms with van der Waals surface area (Å²) in [6.07, 6.45) is 3.85. The van der Waals surface area contributed by atoms with Gasteiger partial charge in [-0.15, -0.1) is 0 Å². The summed E-state index contributed by atoms with van der Waals surface area (Å²) in [7, 11) is -1.72. The molecule has 0 bridgehead atoms. The Labute approximate surface area is 96.1 Å². The van der Waals surface area contributed by atoms with Crippen molar-refractivity contribution < 1.29 is 8.42 Å². The van der Waals surface area contributed by atoms with Crippen LogP contribution in [0.2, 0.25) is 0 Å². The molecule has 0 unspecified atom stereocenters. The van der Waals surface area contributed by atoms with Crippen LogP contribution in [-0.2, 0) is 17.1 Å². The van der Waals surface area contributed by atoms with E-state index >= 15 is 0 Å². The first-order chi connectivity index (χ1) is 7.56. The van der Waals surface area contributed by atoms with Crippen molar-refractivity contribution in [3.63, 3.8) is 0 Å². The molecule has 0 atom stereocenters. The maximum atomic E-state index is 11.7. The molecule has 92 valence electrons. The molecular weight excluding hydrogens is 228 g/mol.